The number of pyridine rings is 1. The number of carboxylic acid groups (broad SMARTS) is 1. The molecule has 0 unspecified atom stereocenters. The van der Waals surface area contributed by atoms with E-state index >= 15 is 0 Å². The smallest absolute Gasteiger partial charge is 0.341 e. The Bertz CT molecular complexity index is 1160. The van der Waals surface area contributed by atoms with Crippen molar-refractivity contribution in [2.75, 3.05) is 13.7 Å². The van der Waals surface area contributed by atoms with Crippen LogP contribution in [0, 0.1) is 0 Å². The maximum Gasteiger partial charge on any atom is 0.341 e. The normalized spacial score (nSPS) is 21.3. The molecule has 0 spiro atoms. The van der Waals surface area contributed by atoms with E-state index in [4.69, 9.17) is 4.74 Å². The first-order valence-electron chi connectivity index (χ1n) is 9.65. The lowest BCUT2D eigenvalue weighted by Crippen LogP contribution is -2.31. The number of rotatable bonds is 3. The SMILES string of the molecule is CNC(=O)Cc1ccc2c(c1)CC1=C2[C@H]2OCC[C@H]2n2cc(C(=O)O)c(=O)cc21. The Balaban J connectivity index is 1.64. The summed E-state index contributed by atoms with van der Waals surface area (Å²) in [6, 6.07) is 7.46. The lowest BCUT2D eigenvalue weighted by molar-refractivity contribution is -0.119. The van der Waals surface area contributed by atoms with Crippen molar-refractivity contribution in [3.63, 3.8) is 0 Å². The summed E-state index contributed by atoms with van der Waals surface area (Å²) in [5.74, 6) is -1.26. The van der Waals surface area contributed by atoms with Crippen molar-refractivity contribution in [3.8, 4) is 0 Å². The van der Waals surface area contributed by atoms with Crippen molar-refractivity contribution in [1.82, 2.24) is 9.88 Å². The van der Waals surface area contributed by atoms with Crippen LogP contribution >= 0.6 is 0 Å². The molecule has 3 heterocycles. The van der Waals surface area contributed by atoms with Crippen LogP contribution < -0.4 is 10.7 Å². The van der Waals surface area contributed by atoms with Gasteiger partial charge in [0.2, 0.25) is 5.91 Å². The summed E-state index contributed by atoms with van der Waals surface area (Å²) < 4.78 is 7.97. The highest BCUT2D eigenvalue weighted by molar-refractivity contribution is 6.00. The Hall–Kier alpha value is -3.19. The number of ether oxygens (including phenoxy) is 1. The van der Waals surface area contributed by atoms with Gasteiger partial charge in [0.15, 0.2) is 5.43 Å². The van der Waals surface area contributed by atoms with Crippen LogP contribution in [0.25, 0.3) is 11.1 Å². The quantitative estimate of drug-likeness (QED) is 0.828. The van der Waals surface area contributed by atoms with Crippen LogP contribution in [0.5, 0.6) is 0 Å². The fraction of sp³-hybridized carbons (Fsp3) is 0.318. The zero-order valence-corrected chi connectivity index (χ0v) is 15.9. The average Bonchev–Trinajstić information content (AvgIpc) is 3.31. The number of carbonyl (C=O) groups is 2. The van der Waals surface area contributed by atoms with Crippen LogP contribution in [-0.2, 0) is 22.4 Å². The minimum atomic E-state index is -1.21. The molecule has 0 bridgehead atoms. The number of nitrogens with zero attached hydrogens (tertiary/aromatic N) is 1. The highest BCUT2D eigenvalue weighted by Gasteiger charge is 2.43. The van der Waals surface area contributed by atoms with Crippen LogP contribution in [0.3, 0.4) is 0 Å². The molecular weight excluding hydrogens is 372 g/mol. The van der Waals surface area contributed by atoms with Gasteiger partial charge >= 0.3 is 5.97 Å². The first kappa shape index (κ1) is 17.9. The van der Waals surface area contributed by atoms with Gasteiger partial charge in [0.1, 0.15) is 11.7 Å². The number of nitrogens with one attached hydrogen (secondary N) is 1. The minimum Gasteiger partial charge on any atom is -0.477 e. The molecule has 2 atom stereocenters. The molecule has 1 amide bonds. The molecular formula is C22H20N2O5. The van der Waals surface area contributed by atoms with Gasteiger partial charge in [-0.05, 0) is 34.3 Å². The van der Waals surface area contributed by atoms with E-state index in [-0.39, 0.29) is 23.6 Å². The third-order valence-electron chi connectivity index (χ3n) is 6.12. The number of carboxylic acids is 1. The summed E-state index contributed by atoms with van der Waals surface area (Å²) in [6.45, 7) is 0.587. The number of likely N-dealkylation sites (N-methyl/N-ethyl adjacent to an activating group) is 1. The zero-order valence-electron chi connectivity index (χ0n) is 15.9. The van der Waals surface area contributed by atoms with Crippen molar-refractivity contribution in [1.29, 1.82) is 0 Å². The van der Waals surface area contributed by atoms with Gasteiger partial charge in [-0.3, -0.25) is 9.59 Å². The van der Waals surface area contributed by atoms with E-state index in [1.54, 1.807) is 7.05 Å². The molecule has 1 fully saturated rings. The Labute approximate surface area is 166 Å². The molecule has 29 heavy (non-hydrogen) atoms. The van der Waals surface area contributed by atoms with Crippen LogP contribution in [0.1, 0.15) is 45.2 Å². The van der Waals surface area contributed by atoms with Crippen molar-refractivity contribution in [3.05, 3.63) is 68.6 Å². The summed E-state index contributed by atoms with van der Waals surface area (Å²) in [7, 11) is 1.62. The lowest BCUT2D eigenvalue weighted by atomic mass is 9.89. The van der Waals surface area contributed by atoms with E-state index in [9.17, 15) is 19.5 Å². The highest BCUT2D eigenvalue weighted by Crippen LogP contribution is 2.50. The fourth-order valence-electron chi connectivity index (χ4n) is 4.81. The number of aromatic nitrogens is 1. The molecule has 7 heteroatoms. The molecule has 5 rings (SSSR count). The molecule has 2 aromatic rings. The van der Waals surface area contributed by atoms with Crippen molar-refractivity contribution in [2.45, 2.75) is 31.4 Å². The van der Waals surface area contributed by atoms with Crippen molar-refractivity contribution < 1.29 is 19.4 Å². The second-order valence-electron chi connectivity index (χ2n) is 7.71. The zero-order chi connectivity index (χ0) is 20.3. The first-order valence-corrected chi connectivity index (χ1v) is 9.65. The molecule has 2 N–H and O–H groups in total. The average molecular weight is 392 g/mol. The van der Waals surface area contributed by atoms with Crippen LogP contribution in [0.15, 0.2) is 35.3 Å². The monoisotopic (exact) mass is 392 g/mol. The summed E-state index contributed by atoms with van der Waals surface area (Å²) in [5, 5.41) is 12.0. The summed E-state index contributed by atoms with van der Waals surface area (Å²) in [4.78, 5) is 35.6. The number of amides is 1. The number of benzene rings is 1. The number of carbonyl (C=O) groups excluding carboxylic acids is 1. The molecule has 148 valence electrons. The predicted octanol–water partition coefficient (Wildman–Crippen LogP) is 1.65. The molecule has 0 radical (unpaired) electrons. The van der Waals surface area contributed by atoms with E-state index in [2.05, 4.69) is 5.32 Å². The number of allylic oxidation sites excluding steroid dienone is 1. The second-order valence-corrected chi connectivity index (χ2v) is 7.71. The maximum atomic E-state index is 12.4. The number of hydrogen-bond donors (Lipinski definition) is 2. The Morgan fingerprint density at radius 1 is 1.31 bits per heavy atom. The Morgan fingerprint density at radius 2 is 2.14 bits per heavy atom. The van der Waals surface area contributed by atoms with E-state index < -0.39 is 11.4 Å². The highest BCUT2D eigenvalue weighted by atomic mass is 16.5. The van der Waals surface area contributed by atoms with E-state index in [0.29, 0.717) is 19.4 Å². The van der Waals surface area contributed by atoms with Gasteiger partial charge in [0.25, 0.3) is 0 Å². The van der Waals surface area contributed by atoms with Crippen molar-refractivity contribution >= 4 is 23.0 Å². The van der Waals surface area contributed by atoms with Gasteiger partial charge in [0.05, 0.1) is 12.5 Å². The van der Waals surface area contributed by atoms with Gasteiger partial charge in [-0.1, -0.05) is 18.2 Å². The van der Waals surface area contributed by atoms with E-state index in [1.807, 2.05) is 22.8 Å². The fourth-order valence-corrected chi connectivity index (χ4v) is 4.81. The van der Waals surface area contributed by atoms with Gasteiger partial charge < -0.3 is 19.7 Å². The number of aromatic carboxylic acids is 1. The Morgan fingerprint density at radius 3 is 2.90 bits per heavy atom. The number of fused-ring (bicyclic) bond motifs is 7. The standard InChI is InChI=1S/C22H20N2O5/c1-23-19(26)7-11-2-3-13-12(6-11)8-14-17-9-18(25)15(22(27)28)10-24(17)16-4-5-29-21(16)20(13)14/h2-3,6,9-10,16,21H,4-5,7-8H2,1H3,(H,23,26)(H,27,28)/t16-,21+/m1/s1. The molecule has 3 aliphatic rings. The largest absolute Gasteiger partial charge is 0.477 e. The topological polar surface area (TPSA) is 97.6 Å². The predicted molar refractivity (Wildman–Crippen MR) is 106 cm³/mol. The summed E-state index contributed by atoms with van der Waals surface area (Å²) >= 11 is 0. The third-order valence-corrected chi connectivity index (χ3v) is 6.12. The summed E-state index contributed by atoms with van der Waals surface area (Å²) in [6.07, 6.45) is 3.02. The molecule has 2 aliphatic heterocycles. The van der Waals surface area contributed by atoms with Gasteiger partial charge in [-0.2, -0.15) is 0 Å². The molecule has 0 saturated carbocycles. The lowest BCUT2D eigenvalue weighted by Gasteiger charge is -2.32. The molecule has 1 aromatic heterocycles. The van der Waals surface area contributed by atoms with Crippen LogP contribution in [0.2, 0.25) is 0 Å². The first-order chi connectivity index (χ1) is 14.0. The third kappa shape index (κ3) is 2.65. The van der Waals surface area contributed by atoms with Gasteiger partial charge in [-0.15, -0.1) is 0 Å². The van der Waals surface area contributed by atoms with Gasteiger partial charge in [-0.25, -0.2) is 4.79 Å². The van der Waals surface area contributed by atoms with Crippen LogP contribution in [0.4, 0.5) is 0 Å². The maximum absolute atomic E-state index is 12.4. The molecule has 1 saturated heterocycles. The van der Waals surface area contributed by atoms with Crippen molar-refractivity contribution in [2.24, 2.45) is 0 Å². The molecule has 1 aliphatic carbocycles. The molecule has 1 aromatic carbocycles. The minimum absolute atomic E-state index is 0.0288. The van der Waals surface area contributed by atoms with Crippen LogP contribution in [-0.4, -0.2) is 41.3 Å². The van der Waals surface area contributed by atoms with E-state index in [0.717, 1.165) is 40.0 Å². The number of hydrogen-bond acceptors (Lipinski definition) is 4. The second kappa shape index (κ2) is 6.42. The van der Waals surface area contributed by atoms with Gasteiger partial charge in [0, 0.05) is 38.0 Å². The Kier molecular flexibility index (Phi) is 3.96. The van der Waals surface area contributed by atoms with E-state index in [1.165, 1.54) is 12.3 Å². The summed E-state index contributed by atoms with van der Waals surface area (Å²) in [5.41, 5.74) is 5.31. The molecule has 7 nitrogen and oxygen atoms in total.